The Kier molecular flexibility index (Phi) is 5.96. The van der Waals surface area contributed by atoms with Crippen molar-refractivity contribution in [3.05, 3.63) is 31.9 Å². The van der Waals surface area contributed by atoms with Crippen LogP contribution >= 0.6 is 11.6 Å². The number of alkyl halides is 4. The molecule has 0 heterocycles. The first-order valence-electron chi connectivity index (χ1n) is 6.05. The van der Waals surface area contributed by atoms with Crippen molar-refractivity contribution in [3.8, 4) is 5.75 Å². The fraction of sp³-hybridized carbons (Fsp3) is 0.455. The van der Waals surface area contributed by atoms with Crippen LogP contribution in [0.25, 0.3) is 0 Å². The van der Waals surface area contributed by atoms with Crippen LogP contribution < -0.4 is 10.1 Å². The standard InChI is InChI=1S/C11H11ClF3N3O5/c1-23-10-6(11(13,14)15)5-7(17(19)20)8(9(10)18(21)22)16-4-2-3-12/h5,16H,2-4H2,1H3. The lowest BCUT2D eigenvalue weighted by Gasteiger charge is -2.15. The highest BCUT2D eigenvalue weighted by Gasteiger charge is 2.43. The number of nitro groups is 2. The third kappa shape index (κ3) is 4.12. The van der Waals surface area contributed by atoms with Crippen LogP contribution in [0.5, 0.6) is 5.75 Å². The Morgan fingerprint density at radius 3 is 2.30 bits per heavy atom. The molecule has 0 atom stereocenters. The molecule has 0 unspecified atom stereocenters. The SMILES string of the molecule is COc1c(C(F)(F)F)cc([N+](=O)[O-])c(NCCCCl)c1[N+](=O)[O-]. The van der Waals surface area contributed by atoms with Gasteiger partial charge in [-0.25, -0.2) is 0 Å². The van der Waals surface area contributed by atoms with Gasteiger partial charge in [-0.3, -0.25) is 20.2 Å². The Morgan fingerprint density at radius 2 is 1.91 bits per heavy atom. The van der Waals surface area contributed by atoms with Crippen LogP contribution in [0.3, 0.4) is 0 Å². The van der Waals surface area contributed by atoms with Crippen LogP contribution in [0, 0.1) is 20.2 Å². The Balaban J connectivity index is 3.71. The number of nitrogens with one attached hydrogen (secondary N) is 1. The molecule has 1 aromatic carbocycles. The van der Waals surface area contributed by atoms with Crippen molar-refractivity contribution in [2.45, 2.75) is 12.6 Å². The lowest BCUT2D eigenvalue weighted by atomic mass is 10.1. The molecule has 12 heteroatoms. The van der Waals surface area contributed by atoms with Crippen molar-refractivity contribution in [2.24, 2.45) is 0 Å². The predicted molar refractivity (Wildman–Crippen MR) is 75.1 cm³/mol. The third-order valence-electron chi connectivity index (χ3n) is 2.73. The van der Waals surface area contributed by atoms with Crippen molar-refractivity contribution in [1.29, 1.82) is 0 Å². The zero-order valence-electron chi connectivity index (χ0n) is 11.6. The van der Waals surface area contributed by atoms with Gasteiger partial charge in [0.2, 0.25) is 5.75 Å². The summed E-state index contributed by atoms with van der Waals surface area (Å²) < 4.78 is 43.5. The van der Waals surface area contributed by atoms with Gasteiger partial charge >= 0.3 is 11.9 Å². The summed E-state index contributed by atoms with van der Waals surface area (Å²) in [6.07, 6.45) is -4.77. The Bertz CT molecular complexity index is 624. The summed E-state index contributed by atoms with van der Waals surface area (Å²) in [4.78, 5) is 19.9. The number of nitro benzene ring substituents is 2. The topological polar surface area (TPSA) is 108 Å². The van der Waals surface area contributed by atoms with Gasteiger partial charge in [0, 0.05) is 18.5 Å². The van der Waals surface area contributed by atoms with Crippen LogP contribution in [0.2, 0.25) is 0 Å². The van der Waals surface area contributed by atoms with E-state index in [1.807, 2.05) is 0 Å². The van der Waals surface area contributed by atoms with Gasteiger partial charge in [-0.05, 0) is 6.42 Å². The molecule has 0 aliphatic rings. The van der Waals surface area contributed by atoms with Gasteiger partial charge in [0.05, 0.1) is 17.0 Å². The van der Waals surface area contributed by atoms with E-state index in [4.69, 9.17) is 11.6 Å². The van der Waals surface area contributed by atoms with Crippen LogP contribution in [-0.2, 0) is 6.18 Å². The van der Waals surface area contributed by atoms with Gasteiger partial charge in [0.25, 0.3) is 5.69 Å². The lowest BCUT2D eigenvalue weighted by Crippen LogP contribution is -2.14. The number of rotatable bonds is 7. The summed E-state index contributed by atoms with van der Waals surface area (Å²) in [5.41, 5.74) is -4.47. The zero-order chi connectivity index (χ0) is 17.8. The molecule has 23 heavy (non-hydrogen) atoms. The second kappa shape index (κ2) is 7.31. The molecule has 0 aliphatic heterocycles. The Hall–Kier alpha value is -2.30. The van der Waals surface area contributed by atoms with Gasteiger partial charge in [-0.15, -0.1) is 11.6 Å². The predicted octanol–water partition coefficient (Wildman–Crippen LogP) is 3.57. The molecule has 0 amide bonds. The minimum absolute atomic E-state index is 0.000299. The summed E-state index contributed by atoms with van der Waals surface area (Å²) >= 11 is 5.43. The number of nitrogens with zero attached hydrogens (tertiary/aromatic N) is 2. The molecule has 0 spiro atoms. The zero-order valence-corrected chi connectivity index (χ0v) is 12.4. The largest absolute Gasteiger partial charge is 0.490 e. The fourth-order valence-corrected chi connectivity index (χ4v) is 1.96. The second-order valence-corrected chi connectivity index (χ2v) is 4.56. The van der Waals surface area contributed by atoms with E-state index >= 15 is 0 Å². The first-order chi connectivity index (χ1) is 10.6. The van der Waals surface area contributed by atoms with E-state index in [1.54, 1.807) is 0 Å². The highest BCUT2D eigenvalue weighted by molar-refractivity contribution is 6.17. The van der Waals surface area contributed by atoms with Gasteiger partial charge in [0.1, 0.15) is 5.56 Å². The van der Waals surface area contributed by atoms with Crippen LogP contribution in [-0.4, -0.2) is 29.4 Å². The van der Waals surface area contributed by atoms with E-state index in [-0.39, 0.29) is 18.5 Å². The molecular formula is C11H11ClF3N3O5. The third-order valence-corrected chi connectivity index (χ3v) is 3.00. The average molecular weight is 358 g/mol. The molecule has 128 valence electrons. The van der Waals surface area contributed by atoms with Gasteiger partial charge in [-0.2, -0.15) is 13.2 Å². The maximum atomic E-state index is 13.0. The fourth-order valence-electron chi connectivity index (χ4n) is 1.83. The van der Waals surface area contributed by atoms with E-state index in [1.165, 1.54) is 0 Å². The van der Waals surface area contributed by atoms with Crippen molar-refractivity contribution in [3.63, 3.8) is 0 Å². The average Bonchev–Trinajstić information content (AvgIpc) is 2.44. The van der Waals surface area contributed by atoms with Crippen molar-refractivity contribution in [2.75, 3.05) is 24.9 Å². The number of anilines is 1. The van der Waals surface area contributed by atoms with E-state index in [2.05, 4.69) is 10.1 Å². The quantitative estimate of drug-likeness (QED) is 0.346. The molecule has 0 radical (unpaired) electrons. The Morgan fingerprint density at radius 1 is 1.30 bits per heavy atom. The first kappa shape index (κ1) is 18.7. The van der Waals surface area contributed by atoms with Crippen molar-refractivity contribution in [1.82, 2.24) is 0 Å². The van der Waals surface area contributed by atoms with Gasteiger partial charge < -0.3 is 10.1 Å². The highest BCUT2D eigenvalue weighted by atomic mass is 35.5. The first-order valence-corrected chi connectivity index (χ1v) is 6.59. The van der Waals surface area contributed by atoms with Gasteiger partial charge in [-0.1, -0.05) is 0 Å². The van der Waals surface area contributed by atoms with E-state index < -0.39 is 44.4 Å². The van der Waals surface area contributed by atoms with E-state index in [9.17, 15) is 33.4 Å². The number of methoxy groups -OCH3 is 1. The minimum atomic E-state index is -5.06. The smallest absolute Gasteiger partial charge is 0.420 e. The summed E-state index contributed by atoms with van der Waals surface area (Å²) in [5, 5.41) is 24.6. The molecule has 0 aliphatic carbocycles. The maximum Gasteiger partial charge on any atom is 0.420 e. The molecule has 1 rings (SSSR count). The monoisotopic (exact) mass is 357 g/mol. The van der Waals surface area contributed by atoms with Crippen LogP contribution in [0.15, 0.2) is 6.07 Å². The maximum absolute atomic E-state index is 13.0. The second-order valence-electron chi connectivity index (χ2n) is 4.18. The van der Waals surface area contributed by atoms with E-state index in [0.29, 0.717) is 6.42 Å². The van der Waals surface area contributed by atoms with Crippen LogP contribution in [0.4, 0.5) is 30.2 Å². The molecule has 0 fully saturated rings. The molecule has 0 aromatic heterocycles. The molecule has 0 saturated heterocycles. The number of hydrogen-bond acceptors (Lipinski definition) is 6. The number of hydrogen-bond donors (Lipinski definition) is 1. The van der Waals surface area contributed by atoms with Crippen molar-refractivity contribution < 1.29 is 27.8 Å². The van der Waals surface area contributed by atoms with Crippen LogP contribution in [0.1, 0.15) is 12.0 Å². The number of benzene rings is 1. The van der Waals surface area contributed by atoms with Crippen molar-refractivity contribution >= 4 is 28.7 Å². The molecule has 0 saturated carbocycles. The summed E-state index contributed by atoms with van der Waals surface area (Å²) in [6, 6.07) is 0.203. The van der Waals surface area contributed by atoms with E-state index in [0.717, 1.165) is 7.11 Å². The summed E-state index contributed by atoms with van der Waals surface area (Å²) in [5.74, 6) is -0.937. The molecule has 1 N–H and O–H groups in total. The number of halogens is 4. The Labute approximate surface area is 132 Å². The normalized spacial score (nSPS) is 11.2. The number of ether oxygens (including phenoxy) is 1. The molecule has 8 nitrogen and oxygen atoms in total. The lowest BCUT2D eigenvalue weighted by molar-refractivity contribution is -0.393. The molecule has 0 bridgehead atoms. The highest BCUT2D eigenvalue weighted by Crippen LogP contribution is 2.49. The van der Waals surface area contributed by atoms with Gasteiger partial charge in [0.15, 0.2) is 5.69 Å². The molecule has 1 aromatic rings. The minimum Gasteiger partial charge on any atom is -0.490 e. The summed E-state index contributed by atoms with van der Waals surface area (Å²) in [6.45, 7) is -0.000299. The summed E-state index contributed by atoms with van der Waals surface area (Å²) in [7, 11) is 0.811. The molecular weight excluding hydrogens is 347 g/mol.